The van der Waals surface area contributed by atoms with Crippen LogP contribution in [0, 0.1) is 11.3 Å². The zero-order chi connectivity index (χ0) is 19.1. The summed E-state index contributed by atoms with van der Waals surface area (Å²) in [4.78, 5) is 0. The van der Waals surface area contributed by atoms with Crippen molar-refractivity contribution in [3.05, 3.63) is 80.2 Å². The molecule has 27 heavy (non-hydrogen) atoms. The molecule has 2 aromatic carbocycles. The molecule has 0 spiro atoms. The van der Waals surface area contributed by atoms with Gasteiger partial charge < -0.3 is 15.2 Å². The zero-order valence-corrected chi connectivity index (χ0v) is 16.1. The summed E-state index contributed by atoms with van der Waals surface area (Å²) in [6, 6.07) is 13.5. The van der Waals surface area contributed by atoms with Crippen LogP contribution in [0.3, 0.4) is 0 Å². The van der Waals surface area contributed by atoms with E-state index in [4.69, 9.17) is 38.4 Å². The van der Waals surface area contributed by atoms with Gasteiger partial charge in [0.25, 0.3) is 0 Å². The number of nitrogens with two attached hydrogens (primary N) is 1. The lowest BCUT2D eigenvalue weighted by Crippen LogP contribution is -2.23. The molecule has 0 saturated carbocycles. The quantitative estimate of drug-likeness (QED) is 0.757. The number of allylic oxidation sites excluding steroid dienone is 2. The number of rotatable bonds is 2. The van der Waals surface area contributed by atoms with Crippen molar-refractivity contribution in [2.45, 2.75) is 18.8 Å². The van der Waals surface area contributed by atoms with Gasteiger partial charge in [0, 0.05) is 11.5 Å². The second-order valence-corrected chi connectivity index (χ2v) is 7.29. The molecule has 0 fully saturated rings. The Labute approximate surface area is 167 Å². The Morgan fingerprint density at radius 3 is 2.67 bits per heavy atom. The Morgan fingerprint density at radius 2 is 1.96 bits per heavy atom. The minimum absolute atomic E-state index is 0.114. The van der Waals surface area contributed by atoms with Crippen molar-refractivity contribution in [2.24, 2.45) is 5.73 Å². The maximum atomic E-state index is 9.72. The molecular weight excluding hydrogens is 383 g/mol. The lowest BCUT2D eigenvalue weighted by atomic mass is 9.76. The summed E-state index contributed by atoms with van der Waals surface area (Å²) in [6.45, 7) is 0. The van der Waals surface area contributed by atoms with Gasteiger partial charge in [-0.1, -0.05) is 35.3 Å². The van der Waals surface area contributed by atoms with E-state index in [1.807, 2.05) is 24.3 Å². The lowest BCUT2D eigenvalue weighted by Gasteiger charge is -2.33. The SMILES string of the molecule is COc1ccc2c(c1)C1=C(CC2)C(c2ccc(Cl)c(Cl)c2)C(C#N)=C(N)O1. The molecule has 1 aliphatic heterocycles. The molecule has 0 bridgehead atoms. The number of methoxy groups -OCH3 is 1. The van der Waals surface area contributed by atoms with E-state index in [0.29, 0.717) is 21.4 Å². The van der Waals surface area contributed by atoms with E-state index in [1.54, 1.807) is 19.2 Å². The lowest BCUT2D eigenvalue weighted by molar-refractivity contribution is 0.349. The Balaban J connectivity index is 1.92. The third-order valence-corrected chi connectivity index (χ3v) is 5.77. The van der Waals surface area contributed by atoms with Gasteiger partial charge in [0.05, 0.1) is 17.2 Å². The van der Waals surface area contributed by atoms with Crippen LogP contribution in [0.15, 0.2) is 53.4 Å². The monoisotopic (exact) mass is 398 g/mol. The molecule has 0 aromatic heterocycles. The molecule has 6 heteroatoms. The molecular formula is C21H16Cl2N2O2. The third kappa shape index (κ3) is 2.93. The van der Waals surface area contributed by atoms with Crippen LogP contribution in [-0.4, -0.2) is 7.11 Å². The van der Waals surface area contributed by atoms with E-state index < -0.39 is 0 Å². The fourth-order valence-electron chi connectivity index (χ4n) is 3.72. The number of ether oxygens (including phenoxy) is 2. The summed E-state index contributed by atoms with van der Waals surface area (Å²) in [5.41, 5.74) is 10.5. The van der Waals surface area contributed by atoms with Crippen molar-refractivity contribution in [3.63, 3.8) is 0 Å². The molecule has 4 nitrogen and oxygen atoms in total. The fraction of sp³-hybridized carbons (Fsp3) is 0.190. The van der Waals surface area contributed by atoms with Crippen molar-refractivity contribution in [3.8, 4) is 11.8 Å². The van der Waals surface area contributed by atoms with E-state index in [9.17, 15) is 5.26 Å². The fourth-order valence-corrected chi connectivity index (χ4v) is 4.03. The number of nitrogens with zero attached hydrogens (tertiary/aromatic N) is 1. The predicted molar refractivity (Wildman–Crippen MR) is 105 cm³/mol. The van der Waals surface area contributed by atoms with Gasteiger partial charge in [-0.05, 0) is 53.8 Å². The zero-order valence-electron chi connectivity index (χ0n) is 14.6. The number of halogens is 2. The highest BCUT2D eigenvalue weighted by Crippen LogP contribution is 2.48. The van der Waals surface area contributed by atoms with Crippen LogP contribution in [0.4, 0.5) is 0 Å². The maximum absolute atomic E-state index is 9.72. The summed E-state index contributed by atoms with van der Waals surface area (Å²) in [5, 5.41) is 10.6. The molecule has 1 atom stereocenters. The van der Waals surface area contributed by atoms with Crippen molar-refractivity contribution in [1.29, 1.82) is 5.26 Å². The number of hydrogen-bond donors (Lipinski definition) is 1. The average Bonchev–Trinajstić information content (AvgIpc) is 2.68. The maximum Gasteiger partial charge on any atom is 0.205 e. The highest BCUT2D eigenvalue weighted by molar-refractivity contribution is 6.42. The number of fused-ring (bicyclic) bond motifs is 2. The molecule has 1 aliphatic carbocycles. The average molecular weight is 399 g/mol. The molecule has 0 saturated heterocycles. The normalized spacial score (nSPS) is 18.4. The van der Waals surface area contributed by atoms with Crippen LogP contribution in [0.5, 0.6) is 5.75 Å². The van der Waals surface area contributed by atoms with Crippen molar-refractivity contribution in [2.75, 3.05) is 7.11 Å². The summed E-state index contributed by atoms with van der Waals surface area (Å²) in [5.74, 6) is 1.24. The van der Waals surface area contributed by atoms with Gasteiger partial charge in [-0.25, -0.2) is 0 Å². The van der Waals surface area contributed by atoms with E-state index >= 15 is 0 Å². The minimum atomic E-state index is -0.312. The Kier molecular flexibility index (Phi) is 4.51. The standard InChI is InChI=1S/C21H16Cl2N2O2/c1-26-13-5-2-11-3-6-14-19(12-4-7-17(22)18(23)8-12)16(10-24)21(25)27-20(14)15(11)9-13/h2,4-5,7-9,19H,3,6,25H2,1H3. The van der Waals surface area contributed by atoms with Crippen LogP contribution in [0.25, 0.3) is 5.76 Å². The van der Waals surface area contributed by atoms with E-state index in [1.165, 1.54) is 0 Å². The van der Waals surface area contributed by atoms with Crippen molar-refractivity contribution < 1.29 is 9.47 Å². The highest BCUT2D eigenvalue weighted by Gasteiger charge is 2.36. The highest BCUT2D eigenvalue weighted by atomic mass is 35.5. The first-order valence-corrected chi connectivity index (χ1v) is 9.22. The smallest absolute Gasteiger partial charge is 0.205 e. The van der Waals surface area contributed by atoms with Gasteiger partial charge in [0.15, 0.2) is 0 Å². The molecule has 136 valence electrons. The molecule has 4 rings (SSSR count). The molecule has 2 aliphatic rings. The molecule has 1 unspecified atom stereocenters. The minimum Gasteiger partial charge on any atom is -0.497 e. The van der Waals surface area contributed by atoms with Crippen LogP contribution in [0.2, 0.25) is 10.0 Å². The molecule has 0 radical (unpaired) electrons. The summed E-state index contributed by atoms with van der Waals surface area (Å²) >= 11 is 12.3. The summed E-state index contributed by atoms with van der Waals surface area (Å²) in [7, 11) is 1.63. The molecule has 0 amide bonds. The van der Waals surface area contributed by atoms with Gasteiger partial charge in [0.2, 0.25) is 5.88 Å². The predicted octanol–water partition coefficient (Wildman–Crippen LogP) is 5.17. The molecule has 2 aromatic rings. The first-order valence-electron chi connectivity index (χ1n) is 8.46. The first-order chi connectivity index (χ1) is 13.0. The van der Waals surface area contributed by atoms with Crippen molar-refractivity contribution >= 4 is 29.0 Å². The number of nitriles is 1. The van der Waals surface area contributed by atoms with Crippen molar-refractivity contribution in [1.82, 2.24) is 0 Å². The van der Waals surface area contributed by atoms with Crippen LogP contribution < -0.4 is 10.5 Å². The Morgan fingerprint density at radius 1 is 1.15 bits per heavy atom. The van der Waals surface area contributed by atoms with E-state index in [0.717, 1.165) is 40.9 Å². The largest absolute Gasteiger partial charge is 0.497 e. The van der Waals surface area contributed by atoms with Gasteiger partial charge in [0.1, 0.15) is 23.2 Å². The molecule has 1 heterocycles. The number of hydrogen-bond acceptors (Lipinski definition) is 4. The van der Waals surface area contributed by atoms with Crippen LogP contribution in [-0.2, 0) is 11.2 Å². The topological polar surface area (TPSA) is 68.3 Å². The van der Waals surface area contributed by atoms with Gasteiger partial charge in [-0.15, -0.1) is 0 Å². The van der Waals surface area contributed by atoms with Gasteiger partial charge >= 0.3 is 0 Å². The summed E-state index contributed by atoms with van der Waals surface area (Å²) < 4.78 is 11.3. The summed E-state index contributed by atoms with van der Waals surface area (Å²) in [6.07, 6.45) is 1.61. The number of aryl methyl sites for hydroxylation is 1. The van der Waals surface area contributed by atoms with E-state index in [2.05, 4.69) is 6.07 Å². The second-order valence-electron chi connectivity index (χ2n) is 6.48. The second kappa shape index (κ2) is 6.84. The Bertz CT molecular complexity index is 1050. The van der Waals surface area contributed by atoms with E-state index in [-0.39, 0.29) is 11.8 Å². The number of benzene rings is 2. The Hall–Kier alpha value is -2.61. The van der Waals surface area contributed by atoms with Gasteiger partial charge in [-0.3, -0.25) is 0 Å². The van der Waals surface area contributed by atoms with Crippen LogP contribution in [0.1, 0.15) is 29.0 Å². The third-order valence-electron chi connectivity index (χ3n) is 5.03. The first kappa shape index (κ1) is 17.8. The van der Waals surface area contributed by atoms with Gasteiger partial charge in [-0.2, -0.15) is 5.26 Å². The molecule has 2 N–H and O–H groups in total. The van der Waals surface area contributed by atoms with Crippen LogP contribution >= 0.6 is 23.2 Å².